The summed E-state index contributed by atoms with van der Waals surface area (Å²) in [6, 6.07) is 10.7. The first kappa shape index (κ1) is 19.5. The fourth-order valence-corrected chi connectivity index (χ4v) is 2.83. The lowest BCUT2D eigenvalue weighted by Crippen LogP contribution is -2.42. The second-order valence-electron chi connectivity index (χ2n) is 6.01. The lowest BCUT2D eigenvalue weighted by molar-refractivity contribution is 0.633. The van der Waals surface area contributed by atoms with Crippen molar-refractivity contribution in [3.8, 4) is 5.69 Å². The van der Waals surface area contributed by atoms with Crippen LogP contribution in [-0.4, -0.2) is 28.3 Å². The van der Waals surface area contributed by atoms with E-state index < -0.39 is 0 Å². The van der Waals surface area contributed by atoms with E-state index in [4.69, 9.17) is 4.99 Å². The van der Waals surface area contributed by atoms with Crippen molar-refractivity contribution >= 4 is 29.9 Å². The van der Waals surface area contributed by atoms with E-state index in [1.807, 2.05) is 36.0 Å². The Balaban J connectivity index is 0.00000225. The molecule has 3 rings (SSSR count). The van der Waals surface area contributed by atoms with Crippen LogP contribution < -0.4 is 10.6 Å². The average molecular weight is 451 g/mol. The molecule has 5 nitrogen and oxygen atoms in total. The van der Waals surface area contributed by atoms with E-state index >= 15 is 0 Å². The number of aliphatic imine (C=N–C) groups is 1. The summed E-state index contributed by atoms with van der Waals surface area (Å²) in [7, 11) is 0. The number of halogens is 1. The molecule has 1 aliphatic rings. The summed E-state index contributed by atoms with van der Waals surface area (Å²) in [5.74, 6) is 0.873. The summed E-state index contributed by atoms with van der Waals surface area (Å²) in [4.78, 5) is 4.77. The maximum atomic E-state index is 4.77. The van der Waals surface area contributed by atoms with Gasteiger partial charge in [-0.15, -0.1) is 24.0 Å². The number of nitrogens with zero attached hydrogens (tertiary/aromatic N) is 3. The fourth-order valence-electron chi connectivity index (χ4n) is 2.83. The second kappa shape index (κ2) is 9.60. The van der Waals surface area contributed by atoms with Gasteiger partial charge in [-0.2, -0.15) is 5.10 Å². The normalized spacial score (nSPS) is 14.4. The Morgan fingerprint density at radius 3 is 2.68 bits per heavy atom. The number of hydrogen-bond donors (Lipinski definition) is 2. The number of nitrogens with one attached hydrogen (secondary N) is 2. The molecule has 0 radical (unpaired) electrons. The van der Waals surface area contributed by atoms with Crippen molar-refractivity contribution in [3.05, 3.63) is 59.9 Å². The summed E-state index contributed by atoms with van der Waals surface area (Å²) in [6.07, 6.45) is 8.56. The highest BCUT2D eigenvalue weighted by Crippen LogP contribution is 2.15. The molecule has 1 heterocycles. The van der Waals surface area contributed by atoms with Gasteiger partial charge in [-0.05, 0) is 44.4 Å². The van der Waals surface area contributed by atoms with Gasteiger partial charge in [0.25, 0.3) is 0 Å². The summed E-state index contributed by atoms with van der Waals surface area (Å²) < 4.78 is 1.92. The predicted molar refractivity (Wildman–Crippen MR) is 114 cm³/mol. The van der Waals surface area contributed by atoms with Gasteiger partial charge in [-0.1, -0.05) is 30.4 Å². The van der Waals surface area contributed by atoms with Crippen LogP contribution in [0, 0.1) is 6.92 Å². The number of para-hydroxylation sites is 1. The Morgan fingerprint density at radius 1 is 1.24 bits per heavy atom. The molecule has 2 aromatic rings. The van der Waals surface area contributed by atoms with E-state index in [-0.39, 0.29) is 24.0 Å². The van der Waals surface area contributed by atoms with Gasteiger partial charge in [0.2, 0.25) is 0 Å². The Bertz CT molecular complexity index is 727. The molecule has 1 aromatic carbocycles. The lowest BCUT2D eigenvalue weighted by atomic mass is 10.2. The SMILES string of the molecule is CCNC(=NCc1ccccc1-n1ccc(C)n1)NC1CC=CC1.I. The molecule has 0 fully saturated rings. The van der Waals surface area contributed by atoms with Crippen molar-refractivity contribution in [1.82, 2.24) is 20.4 Å². The number of aryl methyl sites for hydroxylation is 1. The first-order valence-corrected chi connectivity index (χ1v) is 8.56. The van der Waals surface area contributed by atoms with Crippen molar-refractivity contribution < 1.29 is 0 Å². The van der Waals surface area contributed by atoms with Crippen LogP contribution in [0.1, 0.15) is 31.0 Å². The quantitative estimate of drug-likeness (QED) is 0.316. The molecule has 2 N–H and O–H groups in total. The molecular formula is C19H26IN5. The van der Waals surface area contributed by atoms with Crippen LogP contribution in [0.2, 0.25) is 0 Å². The molecule has 0 aliphatic heterocycles. The number of rotatable bonds is 5. The van der Waals surface area contributed by atoms with Gasteiger partial charge < -0.3 is 10.6 Å². The smallest absolute Gasteiger partial charge is 0.191 e. The monoisotopic (exact) mass is 451 g/mol. The van der Waals surface area contributed by atoms with Gasteiger partial charge in [0.05, 0.1) is 17.9 Å². The van der Waals surface area contributed by atoms with E-state index in [2.05, 4.69) is 46.9 Å². The van der Waals surface area contributed by atoms with E-state index in [1.165, 1.54) is 0 Å². The van der Waals surface area contributed by atoms with Gasteiger partial charge in [0, 0.05) is 18.8 Å². The average Bonchev–Trinajstić information content (AvgIpc) is 3.25. The molecule has 25 heavy (non-hydrogen) atoms. The molecule has 0 unspecified atom stereocenters. The van der Waals surface area contributed by atoms with E-state index in [0.717, 1.165) is 42.3 Å². The molecule has 0 atom stereocenters. The standard InChI is InChI=1S/C19H25N5.HI/c1-3-20-19(22-17-9-5-6-10-17)21-14-16-8-4-7-11-18(16)24-13-12-15(2)23-24;/h4-8,11-13,17H,3,9-10,14H2,1-2H3,(H2,20,21,22);1H. The highest BCUT2D eigenvalue weighted by molar-refractivity contribution is 14.0. The zero-order chi connectivity index (χ0) is 16.8. The predicted octanol–water partition coefficient (Wildman–Crippen LogP) is 3.57. The second-order valence-corrected chi connectivity index (χ2v) is 6.01. The van der Waals surface area contributed by atoms with E-state index in [0.29, 0.717) is 12.6 Å². The van der Waals surface area contributed by atoms with Gasteiger partial charge in [0.1, 0.15) is 0 Å². The Hall–Kier alpha value is -1.83. The van der Waals surface area contributed by atoms with Crippen LogP contribution in [0.3, 0.4) is 0 Å². The van der Waals surface area contributed by atoms with E-state index in [9.17, 15) is 0 Å². The highest BCUT2D eigenvalue weighted by atomic mass is 127. The van der Waals surface area contributed by atoms with Crippen molar-refractivity contribution in [2.24, 2.45) is 4.99 Å². The van der Waals surface area contributed by atoms with Gasteiger partial charge in [-0.3, -0.25) is 0 Å². The maximum Gasteiger partial charge on any atom is 0.191 e. The molecular weight excluding hydrogens is 425 g/mol. The van der Waals surface area contributed by atoms with Crippen molar-refractivity contribution in [3.63, 3.8) is 0 Å². The Morgan fingerprint density at radius 2 is 2.00 bits per heavy atom. The molecule has 0 saturated carbocycles. The zero-order valence-corrected chi connectivity index (χ0v) is 17.1. The molecule has 1 aromatic heterocycles. The van der Waals surface area contributed by atoms with Crippen LogP contribution >= 0.6 is 24.0 Å². The minimum absolute atomic E-state index is 0. The van der Waals surface area contributed by atoms with Crippen LogP contribution in [0.5, 0.6) is 0 Å². The van der Waals surface area contributed by atoms with Crippen LogP contribution in [0.4, 0.5) is 0 Å². The third-order valence-electron chi connectivity index (χ3n) is 4.06. The molecule has 6 heteroatoms. The molecule has 134 valence electrons. The van der Waals surface area contributed by atoms with Gasteiger partial charge in [0.15, 0.2) is 5.96 Å². The first-order valence-electron chi connectivity index (χ1n) is 8.56. The van der Waals surface area contributed by atoms with Crippen molar-refractivity contribution in [2.45, 2.75) is 39.3 Å². The minimum atomic E-state index is 0. The summed E-state index contributed by atoms with van der Waals surface area (Å²) in [5, 5.41) is 11.4. The molecule has 0 spiro atoms. The third-order valence-corrected chi connectivity index (χ3v) is 4.06. The number of benzene rings is 1. The lowest BCUT2D eigenvalue weighted by Gasteiger charge is -2.17. The maximum absolute atomic E-state index is 4.77. The molecule has 0 saturated heterocycles. The van der Waals surface area contributed by atoms with Crippen molar-refractivity contribution in [2.75, 3.05) is 6.54 Å². The number of guanidine groups is 1. The fraction of sp³-hybridized carbons (Fsp3) is 0.368. The van der Waals surface area contributed by atoms with Crippen molar-refractivity contribution in [1.29, 1.82) is 0 Å². The molecule has 0 amide bonds. The van der Waals surface area contributed by atoms with Crippen LogP contribution in [0.15, 0.2) is 53.7 Å². The van der Waals surface area contributed by atoms with Gasteiger partial charge >= 0.3 is 0 Å². The van der Waals surface area contributed by atoms with Gasteiger partial charge in [-0.25, -0.2) is 9.67 Å². The first-order chi connectivity index (χ1) is 11.8. The summed E-state index contributed by atoms with van der Waals surface area (Å²) in [5.41, 5.74) is 3.24. The zero-order valence-electron chi connectivity index (χ0n) is 14.8. The molecule has 0 bridgehead atoms. The summed E-state index contributed by atoms with van der Waals surface area (Å²) in [6.45, 7) is 5.56. The Labute approximate surface area is 166 Å². The Kier molecular flexibility index (Phi) is 7.49. The largest absolute Gasteiger partial charge is 0.357 e. The topological polar surface area (TPSA) is 54.2 Å². The van der Waals surface area contributed by atoms with Crippen LogP contribution in [-0.2, 0) is 6.54 Å². The third kappa shape index (κ3) is 5.32. The minimum Gasteiger partial charge on any atom is -0.357 e. The van der Waals surface area contributed by atoms with E-state index in [1.54, 1.807) is 0 Å². The summed E-state index contributed by atoms with van der Waals surface area (Å²) >= 11 is 0. The molecule has 1 aliphatic carbocycles. The number of hydrogen-bond acceptors (Lipinski definition) is 2. The number of aromatic nitrogens is 2. The highest BCUT2D eigenvalue weighted by Gasteiger charge is 2.12. The van der Waals surface area contributed by atoms with Crippen LogP contribution in [0.25, 0.3) is 5.69 Å².